The Morgan fingerprint density at radius 1 is 0.944 bits per heavy atom. The lowest BCUT2D eigenvalue weighted by Crippen LogP contribution is -1.99. The Hall–Kier alpha value is -2.49. The van der Waals surface area contributed by atoms with E-state index in [1.807, 2.05) is 54.0 Å². The Morgan fingerprint density at radius 3 is 2.50 bits per heavy atom. The molecule has 4 heteroatoms. The molecule has 1 aromatic carbocycles. The van der Waals surface area contributed by atoms with E-state index in [1.165, 1.54) is 0 Å². The van der Waals surface area contributed by atoms with Gasteiger partial charge in [-0.15, -0.1) is 10.2 Å². The van der Waals surface area contributed by atoms with Gasteiger partial charge in [-0.05, 0) is 31.2 Å². The summed E-state index contributed by atoms with van der Waals surface area (Å²) in [5, 5.41) is 8.39. The van der Waals surface area contributed by atoms with Crippen LogP contribution in [0.4, 0.5) is 0 Å². The summed E-state index contributed by atoms with van der Waals surface area (Å²) >= 11 is 0. The molecule has 0 unspecified atom stereocenters. The van der Waals surface area contributed by atoms with Crippen molar-refractivity contribution in [1.29, 1.82) is 0 Å². The number of nitrogens with zero attached hydrogens (tertiary/aromatic N) is 4. The fraction of sp³-hybridized carbons (Fsp3) is 0.0714. The van der Waals surface area contributed by atoms with Gasteiger partial charge in [0, 0.05) is 23.6 Å². The molecule has 0 N–H and O–H groups in total. The molecular weight excluding hydrogens is 224 g/mol. The minimum Gasteiger partial charge on any atom is -0.279 e. The largest absolute Gasteiger partial charge is 0.279 e. The second kappa shape index (κ2) is 4.41. The van der Waals surface area contributed by atoms with Crippen molar-refractivity contribution in [1.82, 2.24) is 19.7 Å². The van der Waals surface area contributed by atoms with Crippen LogP contribution in [0.25, 0.3) is 17.1 Å². The zero-order chi connectivity index (χ0) is 12.4. The van der Waals surface area contributed by atoms with E-state index in [0.29, 0.717) is 0 Å². The fourth-order valence-corrected chi connectivity index (χ4v) is 1.93. The van der Waals surface area contributed by atoms with Gasteiger partial charge in [0.15, 0.2) is 5.82 Å². The van der Waals surface area contributed by atoms with Gasteiger partial charge in [0.25, 0.3) is 0 Å². The standard InChI is InChI=1S/C14H12N4/c1-11-16-17-14(12-6-5-9-15-10-12)18(11)13-7-3-2-4-8-13/h2-10H,1H3. The minimum absolute atomic E-state index is 0.812. The lowest BCUT2D eigenvalue weighted by Gasteiger charge is -2.07. The molecule has 0 bridgehead atoms. The Bertz CT molecular complexity index is 644. The van der Waals surface area contributed by atoms with Crippen molar-refractivity contribution in [2.45, 2.75) is 6.92 Å². The molecule has 0 saturated carbocycles. The van der Waals surface area contributed by atoms with Crippen molar-refractivity contribution >= 4 is 0 Å². The lowest BCUT2D eigenvalue weighted by molar-refractivity contribution is 0.971. The van der Waals surface area contributed by atoms with Crippen molar-refractivity contribution in [3.63, 3.8) is 0 Å². The van der Waals surface area contributed by atoms with Gasteiger partial charge in [-0.2, -0.15) is 0 Å². The molecular formula is C14H12N4. The summed E-state index contributed by atoms with van der Waals surface area (Å²) in [7, 11) is 0. The zero-order valence-electron chi connectivity index (χ0n) is 9.99. The quantitative estimate of drug-likeness (QED) is 0.687. The van der Waals surface area contributed by atoms with Gasteiger partial charge in [-0.25, -0.2) is 0 Å². The number of para-hydroxylation sites is 1. The molecule has 18 heavy (non-hydrogen) atoms. The van der Waals surface area contributed by atoms with E-state index >= 15 is 0 Å². The molecule has 4 nitrogen and oxygen atoms in total. The van der Waals surface area contributed by atoms with Crippen molar-refractivity contribution in [3.05, 3.63) is 60.7 Å². The van der Waals surface area contributed by atoms with Crippen LogP contribution in [0, 0.1) is 6.92 Å². The maximum atomic E-state index is 4.24. The molecule has 2 heterocycles. The van der Waals surface area contributed by atoms with Gasteiger partial charge in [-0.1, -0.05) is 18.2 Å². The first kappa shape index (κ1) is 10.7. The first-order chi connectivity index (χ1) is 8.86. The van der Waals surface area contributed by atoms with Crippen LogP contribution in [0.15, 0.2) is 54.9 Å². The SMILES string of the molecule is Cc1nnc(-c2cccnc2)n1-c1ccccc1. The van der Waals surface area contributed by atoms with E-state index < -0.39 is 0 Å². The predicted molar refractivity (Wildman–Crippen MR) is 69.3 cm³/mol. The summed E-state index contributed by atoms with van der Waals surface area (Å²) in [6.45, 7) is 1.94. The maximum absolute atomic E-state index is 4.24. The molecule has 88 valence electrons. The smallest absolute Gasteiger partial charge is 0.170 e. The molecule has 0 amide bonds. The molecule has 0 aliphatic carbocycles. The number of aromatic nitrogens is 4. The number of hydrogen-bond acceptors (Lipinski definition) is 3. The second-order valence-corrected chi connectivity index (χ2v) is 3.98. The first-order valence-corrected chi connectivity index (χ1v) is 5.74. The highest BCUT2D eigenvalue weighted by Gasteiger charge is 2.12. The maximum Gasteiger partial charge on any atom is 0.170 e. The van der Waals surface area contributed by atoms with E-state index in [0.717, 1.165) is 22.9 Å². The molecule has 0 radical (unpaired) electrons. The Balaban J connectivity index is 2.19. The summed E-state index contributed by atoms with van der Waals surface area (Å²) < 4.78 is 2.02. The third-order valence-electron chi connectivity index (χ3n) is 2.76. The van der Waals surface area contributed by atoms with Gasteiger partial charge in [0.1, 0.15) is 5.82 Å². The molecule has 3 rings (SSSR count). The summed E-state index contributed by atoms with van der Waals surface area (Å²) in [5.41, 5.74) is 2.01. The lowest BCUT2D eigenvalue weighted by atomic mass is 10.2. The van der Waals surface area contributed by atoms with Gasteiger partial charge >= 0.3 is 0 Å². The Kier molecular flexibility index (Phi) is 2.61. The average molecular weight is 236 g/mol. The molecule has 0 aliphatic rings. The second-order valence-electron chi connectivity index (χ2n) is 3.98. The van der Waals surface area contributed by atoms with Gasteiger partial charge in [0.2, 0.25) is 0 Å². The number of pyridine rings is 1. The van der Waals surface area contributed by atoms with E-state index in [-0.39, 0.29) is 0 Å². The summed E-state index contributed by atoms with van der Waals surface area (Å²) in [6.07, 6.45) is 3.54. The normalized spacial score (nSPS) is 10.5. The van der Waals surface area contributed by atoms with Crippen LogP contribution in [0.2, 0.25) is 0 Å². The molecule has 3 aromatic rings. The Morgan fingerprint density at radius 2 is 1.78 bits per heavy atom. The van der Waals surface area contributed by atoms with Crippen molar-refractivity contribution in [3.8, 4) is 17.1 Å². The molecule has 0 spiro atoms. The third kappa shape index (κ3) is 1.78. The van der Waals surface area contributed by atoms with Crippen molar-refractivity contribution in [2.24, 2.45) is 0 Å². The van der Waals surface area contributed by atoms with Crippen molar-refractivity contribution < 1.29 is 0 Å². The third-order valence-corrected chi connectivity index (χ3v) is 2.76. The van der Waals surface area contributed by atoms with Crippen LogP contribution in [-0.2, 0) is 0 Å². The van der Waals surface area contributed by atoms with Crippen molar-refractivity contribution in [2.75, 3.05) is 0 Å². The van der Waals surface area contributed by atoms with E-state index in [1.54, 1.807) is 12.4 Å². The number of benzene rings is 1. The van der Waals surface area contributed by atoms with Gasteiger partial charge < -0.3 is 0 Å². The minimum atomic E-state index is 0.812. The van der Waals surface area contributed by atoms with Crippen LogP contribution in [-0.4, -0.2) is 19.7 Å². The summed E-state index contributed by atoms with van der Waals surface area (Å²) in [4.78, 5) is 4.12. The topological polar surface area (TPSA) is 43.6 Å². The van der Waals surface area contributed by atoms with E-state index in [4.69, 9.17) is 0 Å². The fourth-order valence-electron chi connectivity index (χ4n) is 1.93. The van der Waals surface area contributed by atoms with Crippen LogP contribution >= 0.6 is 0 Å². The monoisotopic (exact) mass is 236 g/mol. The van der Waals surface area contributed by atoms with Gasteiger partial charge in [-0.3, -0.25) is 9.55 Å². The average Bonchev–Trinajstić information content (AvgIpc) is 2.83. The predicted octanol–water partition coefficient (Wildman–Crippen LogP) is 2.64. The Labute approximate surface area is 105 Å². The molecule has 2 aromatic heterocycles. The highest BCUT2D eigenvalue weighted by molar-refractivity contribution is 5.57. The van der Waals surface area contributed by atoms with E-state index in [2.05, 4.69) is 15.2 Å². The molecule has 0 saturated heterocycles. The van der Waals surface area contributed by atoms with E-state index in [9.17, 15) is 0 Å². The number of aryl methyl sites for hydroxylation is 1. The molecule has 0 atom stereocenters. The molecule has 0 fully saturated rings. The molecule has 0 aliphatic heterocycles. The highest BCUT2D eigenvalue weighted by Crippen LogP contribution is 2.21. The first-order valence-electron chi connectivity index (χ1n) is 5.74. The number of rotatable bonds is 2. The summed E-state index contributed by atoms with van der Waals surface area (Å²) in [6, 6.07) is 14.0. The highest BCUT2D eigenvalue weighted by atomic mass is 15.3. The number of hydrogen-bond donors (Lipinski definition) is 0. The van der Waals surface area contributed by atoms with Gasteiger partial charge in [0.05, 0.1) is 0 Å². The van der Waals surface area contributed by atoms with Crippen LogP contribution in [0.3, 0.4) is 0 Å². The van der Waals surface area contributed by atoms with Crippen LogP contribution < -0.4 is 0 Å². The zero-order valence-corrected chi connectivity index (χ0v) is 9.99. The van der Waals surface area contributed by atoms with Crippen LogP contribution in [0.5, 0.6) is 0 Å². The van der Waals surface area contributed by atoms with Crippen LogP contribution in [0.1, 0.15) is 5.82 Å². The summed E-state index contributed by atoms with van der Waals surface area (Å²) in [5.74, 6) is 1.67.